The minimum absolute atomic E-state index is 0.125. The Morgan fingerprint density at radius 3 is 2.47 bits per heavy atom. The number of hydrogen-bond acceptors (Lipinski definition) is 7. The van der Waals surface area contributed by atoms with Gasteiger partial charge in [-0.05, 0) is 62.1 Å². The van der Waals surface area contributed by atoms with Crippen LogP contribution in [0.4, 0.5) is 9.59 Å². The van der Waals surface area contributed by atoms with Crippen LogP contribution in [0.3, 0.4) is 0 Å². The first-order valence-corrected chi connectivity index (χ1v) is 10.2. The van der Waals surface area contributed by atoms with Crippen molar-refractivity contribution in [2.75, 3.05) is 26.8 Å². The smallest absolute Gasteiger partial charge is 0.434 e. The number of likely N-dealkylation sites (N-methyl/N-ethyl adjacent to an activating group) is 1. The van der Waals surface area contributed by atoms with Gasteiger partial charge in [-0.3, -0.25) is 4.90 Å². The Morgan fingerprint density at radius 1 is 1.00 bits per heavy atom. The van der Waals surface area contributed by atoms with Crippen LogP contribution in [0.1, 0.15) is 36.6 Å². The van der Waals surface area contributed by atoms with Crippen molar-refractivity contribution in [1.82, 2.24) is 4.90 Å². The van der Waals surface area contributed by atoms with E-state index in [2.05, 4.69) is 18.0 Å². The van der Waals surface area contributed by atoms with Crippen LogP contribution >= 0.6 is 0 Å². The van der Waals surface area contributed by atoms with Crippen molar-refractivity contribution in [3.05, 3.63) is 47.0 Å². The standard InChI is InChI=1S/C23H25NO6/c1-4-27-22(25)29-18-10-9-15-13-17-19-14(11-12-24(17)3)7-6-8-16(19)20(15)21(18)30-23(26)28-5-2/h6-10,17H,4-5,11-13H2,1-3H3/t17-/m1/s1. The van der Waals surface area contributed by atoms with Crippen molar-refractivity contribution in [2.45, 2.75) is 32.7 Å². The van der Waals surface area contributed by atoms with Crippen LogP contribution in [0, 0.1) is 0 Å². The molecule has 2 aliphatic rings. The highest BCUT2D eigenvalue weighted by atomic mass is 16.7. The number of hydrogen-bond donors (Lipinski definition) is 0. The fourth-order valence-electron chi connectivity index (χ4n) is 4.30. The fraction of sp³-hybridized carbons (Fsp3) is 0.391. The number of rotatable bonds is 4. The number of ether oxygens (including phenoxy) is 4. The zero-order valence-electron chi connectivity index (χ0n) is 17.4. The van der Waals surface area contributed by atoms with Gasteiger partial charge in [-0.2, -0.15) is 0 Å². The van der Waals surface area contributed by atoms with Gasteiger partial charge in [0.25, 0.3) is 0 Å². The third-order valence-electron chi connectivity index (χ3n) is 5.59. The van der Waals surface area contributed by atoms with Crippen LogP contribution in [0.15, 0.2) is 30.3 Å². The van der Waals surface area contributed by atoms with Gasteiger partial charge in [-0.15, -0.1) is 0 Å². The van der Waals surface area contributed by atoms with Gasteiger partial charge < -0.3 is 18.9 Å². The van der Waals surface area contributed by atoms with Gasteiger partial charge in [0.1, 0.15) is 0 Å². The Morgan fingerprint density at radius 2 is 1.73 bits per heavy atom. The number of carbonyl (C=O) groups is 2. The summed E-state index contributed by atoms with van der Waals surface area (Å²) in [4.78, 5) is 26.5. The molecule has 0 spiro atoms. The summed E-state index contributed by atoms with van der Waals surface area (Å²) in [5.41, 5.74) is 5.29. The Balaban J connectivity index is 1.87. The average molecular weight is 411 g/mol. The first-order chi connectivity index (χ1) is 14.5. The molecular formula is C23H25NO6. The third-order valence-corrected chi connectivity index (χ3v) is 5.59. The Labute approximate surface area is 175 Å². The predicted octanol–water partition coefficient (Wildman–Crippen LogP) is 4.51. The lowest BCUT2D eigenvalue weighted by atomic mass is 9.77. The summed E-state index contributed by atoms with van der Waals surface area (Å²) in [5, 5.41) is 0. The molecule has 0 aromatic heterocycles. The van der Waals surface area contributed by atoms with Crippen LogP contribution in [0.5, 0.6) is 11.5 Å². The van der Waals surface area contributed by atoms with E-state index in [1.165, 1.54) is 11.1 Å². The summed E-state index contributed by atoms with van der Waals surface area (Å²) in [6, 6.07) is 9.99. The third kappa shape index (κ3) is 3.61. The Kier molecular flexibility index (Phi) is 5.63. The van der Waals surface area contributed by atoms with Crippen molar-refractivity contribution in [3.8, 4) is 22.6 Å². The molecule has 7 heteroatoms. The van der Waals surface area contributed by atoms with Gasteiger partial charge in [0.05, 0.1) is 13.2 Å². The molecule has 0 saturated carbocycles. The van der Waals surface area contributed by atoms with E-state index in [0.717, 1.165) is 36.1 Å². The summed E-state index contributed by atoms with van der Waals surface area (Å²) in [6.45, 7) is 4.74. The second-order valence-electron chi connectivity index (χ2n) is 7.33. The molecule has 1 aliphatic carbocycles. The molecule has 0 bridgehead atoms. The average Bonchev–Trinajstić information content (AvgIpc) is 2.72. The number of benzene rings is 2. The minimum atomic E-state index is -0.852. The zero-order chi connectivity index (χ0) is 21.3. The molecule has 1 aliphatic heterocycles. The van der Waals surface area contributed by atoms with Crippen molar-refractivity contribution >= 4 is 12.3 Å². The predicted molar refractivity (Wildman–Crippen MR) is 110 cm³/mol. The summed E-state index contributed by atoms with van der Waals surface area (Å²) < 4.78 is 20.8. The number of carbonyl (C=O) groups excluding carboxylic acids is 2. The van der Waals surface area contributed by atoms with Gasteiger partial charge in [-0.25, -0.2) is 9.59 Å². The molecule has 158 valence electrons. The van der Waals surface area contributed by atoms with E-state index >= 15 is 0 Å². The van der Waals surface area contributed by atoms with E-state index in [1.54, 1.807) is 19.9 Å². The van der Waals surface area contributed by atoms with Crippen molar-refractivity contribution in [1.29, 1.82) is 0 Å². The van der Waals surface area contributed by atoms with Gasteiger partial charge in [0, 0.05) is 18.2 Å². The first-order valence-electron chi connectivity index (χ1n) is 10.2. The lowest BCUT2D eigenvalue weighted by Crippen LogP contribution is -2.35. The second-order valence-corrected chi connectivity index (χ2v) is 7.33. The maximum absolute atomic E-state index is 12.2. The Hall–Kier alpha value is -3.06. The minimum Gasteiger partial charge on any atom is -0.434 e. The summed E-state index contributed by atoms with van der Waals surface area (Å²) >= 11 is 0. The van der Waals surface area contributed by atoms with E-state index in [0.29, 0.717) is 0 Å². The van der Waals surface area contributed by atoms with E-state index < -0.39 is 12.3 Å². The van der Waals surface area contributed by atoms with Crippen LogP contribution in [0.2, 0.25) is 0 Å². The van der Waals surface area contributed by atoms with Crippen LogP contribution < -0.4 is 9.47 Å². The highest BCUT2D eigenvalue weighted by molar-refractivity contribution is 5.85. The molecule has 7 nitrogen and oxygen atoms in total. The fourth-order valence-corrected chi connectivity index (χ4v) is 4.30. The molecule has 0 saturated heterocycles. The molecule has 0 unspecified atom stereocenters. The molecule has 0 N–H and O–H groups in total. The highest BCUT2D eigenvalue weighted by Gasteiger charge is 2.35. The monoisotopic (exact) mass is 411 g/mol. The van der Waals surface area contributed by atoms with E-state index in [4.69, 9.17) is 18.9 Å². The van der Waals surface area contributed by atoms with E-state index in [-0.39, 0.29) is 30.8 Å². The second kappa shape index (κ2) is 8.36. The maximum Gasteiger partial charge on any atom is 0.513 e. The van der Waals surface area contributed by atoms with Crippen LogP contribution in [0.25, 0.3) is 11.1 Å². The summed E-state index contributed by atoms with van der Waals surface area (Å²) in [5.74, 6) is 0.305. The van der Waals surface area contributed by atoms with Crippen molar-refractivity contribution in [2.24, 2.45) is 0 Å². The number of nitrogens with zero attached hydrogens (tertiary/aromatic N) is 1. The van der Waals surface area contributed by atoms with E-state index in [1.807, 2.05) is 18.2 Å². The molecule has 0 radical (unpaired) electrons. The molecule has 0 fully saturated rings. The van der Waals surface area contributed by atoms with E-state index in [9.17, 15) is 9.59 Å². The molecule has 30 heavy (non-hydrogen) atoms. The van der Waals surface area contributed by atoms with Crippen molar-refractivity contribution < 1.29 is 28.5 Å². The van der Waals surface area contributed by atoms with Gasteiger partial charge >= 0.3 is 12.3 Å². The van der Waals surface area contributed by atoms with Crippen LogP contribution in [-0.4, -0.2) is 44.0 Å². The molecule has 0 amide bonds. The molecular weight excluding hydrogens is 386 g/mol. The molecule has 1 atom stereocenters. The molecule has 1 heterocycles. The Bertz CT molecular complexity index is 986. The van der Waals surface area contributed by atoms with Crippen molar-refractivity contribution in [3.63, 3.8) is 0 Å². The molecule has 2 aromatic rings. The highest BCUT2D eigenvalue weighted by Crippen LogP contribution is 2.50. The largest absolute Gasteiger partial charge is 0.513 e. The lowest BCUT2D eigenvalue weighted by molar-refractivity contribution is 0.0940. The SMILES string of the molecule is CCOC(=O)Oc1ccc2c(c1OC(=O)OCC)-c1cccc3c1[C@@H](C2)N(C)CC3. The first kappa shape index (κ1) is 20.2. The molecule has 2 aromatic carbocycles. The zero-order valence-corrected chi connectivity index (χ0v) is 17.4. The summed E-state index contributed by atoms with van der Waals surface area (Å²) in [6.07, 6.45) is 0.0335. The topological polar surface area (TPSA) is 74.3 Å². The quantitative estimate of drug-likeness (QED) is 0.541. The van der Waals surface area contributed by atoms with Crippen LogP contribution in [-0.2, 0) is 22.3 Å². The summed E-state index contributed by atoms with van der Waals surface area (Å²) in [7, 11) is 2.13. The lowest BCUT2D eigenvalue weighted by Gasteiger charge is -2.40. The maximum atomic E-state index is 12.2. The van der Waals surface area contributed by atoms with Gasteiger partial charge in [0.15, 0.2) is 11.5 Å². The number of fused-ring (bicyclic) bond motifs is 2. The normalized spacial score (nSPS) is 16.8. The van der Waals surface area contributed by atoms with Gasteiger partial charge in [-0.1, -0.05) is 24.3 Å². The van der Waals surface area contributed by atoms with Gasteiger partial charge in [0.2, 0.25) is 0 Å². The molecule has 4 rings (SSSR count).